The van der Waals surface area contributed by atoms with Crippen molar-refractivity contribution in [3.63, 3.8) is 0 Å². The Morgan fingerprint density at radius 1 is 1.10 bits per heavy atom. The highest BCUT2D eigenvalue weighted by atomic mass is 16.4. The fraction of sp³-hybridized carbons (Fsp3) is 0.556. The summed E-state index contributed by atoms with van der Waals surface area (Å²) in [6.07, 6.45) is 0.555. The van der Waals surface area contributed by atoms with Crippen molar-refractivity contribution in [2.45, 2.75) is 58.5 Å². The molecule has 0 bridgehead atoms. The van der Waals surface area contributed by atoms with Crippen molar-refractivity contribution in [1.29, 1.82) is 0 Å². The Morgan fingerprint density at radius 3 is 2.41 bits per heavy atom. The molecule has 2 atom stereocenters. The summed E-state index contributed by atoms with van der Waals surface area (Å²) in [5.74, 6) is -2.52. The first-order valence-corrected chi connectivity index (χ1v) is 13.2. The molecule has 3 fully saturated rings. The Hall–Kier alpha value is -3.96. The first-order chi connectivity index (χ1) is 18.3. The summed E-state index contributed by atoms with van der Waals surface area (Å²) in [5, 5.41) is 14.6. The van der Waals surface area contributed by atoms with E-state index in [-0.39, 0.29) is 53.3 Å². The van der Waals surface area contributed by atoms with Crippen LogP contribution in [-0.4, -0.2) is 93.7 Å². The molecule has 4 aliphatic heterocycles. The highest BCUT2D eigenvalue weighted by molar-refractivity contribution is 6.25. The molecule has 12 heteroatoms. The number of anilines is 1. The largest absolute Gasteiger partial charge is 0.465 e. The molecule has 39 heavy (non-hydrogen) atoms. The number of nitrogens with one attached hydrogen (secondary N) is 2. The van der Waals surface area contributed by atoms with Gasteiger partial charge in [0, 0.05) is 43.2 Å². The third kappa shape index (κ3) is 4.41. The summed E-state index contributed by atoms with van der Waals surface area (Å²) in [4.78, 5) is 79.2. The highest BCUT2D eigenvalue weighted by Crippen LogP contribution is 2.52. The van der Waals surface area contributed by atoms with Gasteiger partial charge in [-0.2, -0.15) is 0 Å². The summed E-state index contributed by atoms with van der Waals surface area (Å²) in [6.45, 7) is 7.56. The number of piperidine rings is 2. The lowest BCUT2D eigenvalue weighted by Gasteiger charge is -2.64. The number of fused-ring (bicyclic) bond motifs is 1. The lowest BCUT2D eigenvalue weighted by atomic mass is 9.57. The van der Waals surface area contributed by atoms with Crippen LogP contribution in [0.4, 0.5) is 10.5 Å². The fourth-order valence-electron chi connectivity index (χ4n) is 6.86. The molecule has 5 rings (SSSR count). The van der Waals surface area contributed by atoms with Crippen LogP contribution >= 0.6 is 0 Å². The van der Waals surface area contributed by atoms with Gasteiger partial charge in [0.2, 0.25) is 17.7 Å². The molecule has 12 nitrogen and oxygen atoms in total. The third-order valence-corrected chi connectivity index (χ3v) is 8.45. The van der Waals surface area contributed by atoms with Crippen LogP contribution in [0.25, 0.3) is 0 Å². The zero-order valence-corrected chi connectivity index (χ0v) is 22.3. The fourth-order valence-corrected chi connectivity index (χ4v) is 6.86. The van der Waals surface area contributed by atoms with E-state index in [1.54, 1.807) is 12.1 Å². The van der Waals surface area contributed by atoms with Gasteiger partial charge in [-0.1, -0.05) is 26.8 Å². The average Bonchev–Trinajstić information content (AvgIpc) is 3.10. The molecule has 0 aromatic heterocycles. The summed E-state index contributed by atoms with van der Waals surface area (Å²) in [5.41, 5.74) is 0.208. The molecule has 1 aromatic carbocycles. The second-order valence-corrected chi connectivity index (χ2v) is 12.0. The van der Waals surface area contributed by atoms with Crippen LogP contribution in [0.15, 0.2) is 18.2 Å². The summed E-state index contributed by atoms with van der Waals surface area (Å²) in [7, 11) is 0. The molecule has 6 amide bonds. The van der Waals surface area contributed by atoms with Crippen LogP contribution in [-0.2, 0) is 14.4 Å². The minimum Gasteiger partial charge on any atom is -0.465 e. The number of carbonyl (C=O) groups is 6. The second-order valence-electron chi connectivity index (χ2n) is 12.0. The zero-order chi connectivity index (χ0) is 28.3. The van der Waals surface area contributed by atoms with Crippen LogP contribution in [0, 0.1) is 10.8 Å². The van der Waals surface area contributed by atoms with Crippen LogP contribution in [0.1, 0.15) is 67.2 Å². The monoisotopic (exact) mass is 539 g/mol. The van der Waals surface area contributed by atoms with Gasteiger partial charge in [-0.25, -0.2) is 4.79 Å². The smallest absolute Gasteiger partial charge is 0.407 e. The van der Waals surface area contributed by atoms with E-state index >= 15 is 0 Å². The highest BCUT2D eigenvalue weighted by Gasteiger charge is 2.59. The standard InChI is InChI=1S/C27H33N5O7/c1-26(2,3)24-27(9-11-30(12-10-27)25(38)39)14-31(24)19(34)13-28-16-6-4-5-15-20(16)23(37)32(22(15)36)17-7-8-18(33)29-21(17)35/h4-6,17,24,28H,7-14H2,1-3H3,(H,38,39)(H,29,33,35). The number of rotatable bonds is 4. The van der Waals surface area contributed by atoms with Gasteiger partial charge < -0.3 is 20.2 Å². The molecule has 0 saturated carbocycles. The van der Waals surface area contributed by atoms with Gasteiger partial charge in [-0.15, -0.1) is 0 Å². The molecular weight excluding hydrogens is 506 g/mol. The molecule has 4 aliphatic rings. The summed E-state index contributed by atoms with van der Waals surface area (Å²) >= 11 is 0. The van der Waals surface area contributed by atoms with Gasteiger partial charge in [-0.3, -0.25) is 34.2 Å². The molecular formula is C27H33N5O7. The topological polar surface area (TPSA) is 156 Å². The number of carbonyl (C=O) groups excluding carboxylic acids is 5. The molecule has 0 aliphatic carbocycles. The van der Waals surface area contributed by atoms with Gasteiger partial charge in [0.1, 0.15) is 6.04 Å². The average molecular weight is 540 g/mol. The minimum atomic E-state index is -1.07. The third-order valence-electron chi connectivity index (χ3n) is 8.45. The van der Waals surface area contributed by atoms with Gasteiger partial charge in [0.15, 0.2) is 0 Å². The molecule has 208 valence electrons. The van der Waals surface area contributed by atoms with Gasteiger partial charge in [-0.05, 0) is 36.8 Å². The van der Waals surface area contributed by atoms with Crippen molar-refractivity contribution in [2.75, 3.05) is 31.5 Å². The molecule has 0 radical (unpaired) electrons. The number of nitrogens with zero attached hydrogens (tertiary/aromatic N) is 3. The maximum absolute atomic E-state index is 13.4. The molecule has 3 saturated heterocycles. The number of hydrogen-bond donors (Lipinski definition) is 3. The predicted molar refractivity (Wildman–Crippen MR) is 138 cm³/mol. The Kier molecular flexibility index (Phi) is 6.39. The van der Waals surface area contributed by atoms with Crippen molar-refractivity contribution in [1.82, 2.24) is 20.0 Å². The van der Waals surface area contributed by atoms with E-state index in [0.717, 1.165) is 4.90 Å². The van der Waals surface area contributed by atoms with Crippen LogP contribution in [0.3, 0.4) is 0 Å². The predicted octanol–water partition coefficient (Wildman–Crippen LogP) is 1.52. The number of amides is 6. The van der Waals surface area contributed by atoms with Crippen molar-refractivity contribution >= 4 is 41.3 Å². The normalized spacial score (nSPS) is 24.4. The molecule has 1 spiro atoms. The van der Waals surface area contributed by atoms with Gasteiger partial charge >= 0.3 is 6.09 Å². The number of hydrogen-bond acceptors (Lipinski definition) is 7. The Bertz CT molecular complexity index is 1280. The first kappa shape index (κ1) is 26.6. The summed E-state index contributed by atoms with van der Waals surface area (Å²) < 4.78 is 0. The second kappa shape index (κ2) is 9.35. The quantitative estimate of drug-likeness (QED) is 0.486. The minimum absolute atomic E-state index is 0.0318. The maximum Gasteiger partial charge on any atom is 0.407 e. The maximum atomic E-state index is 13.4. The Morgan fingerprint density at radius 2 is 1.79 bits per heavy atom. The summed E-state index contributed by atoms with van der Waals surface area (Å²) in [6, 6.07) is 3.60. The van der Waals surface area contributed by atoms with E-state index in [2.05, 4.69) is 31.4 Å². The Balaban J connectivity index is 1.29. The van der Waals surface area contributed by atoms with Crippen molar-refractivity contribution in [3.8, 4) is 0 Å². The van der Waals surface area contributed by atoms with E-state index in [0.29, 0.717) is 38.2 Å². The van der Waals surface area contributed by atoms with E-state index in [1.807, 2.05) is 4.90 Å². The van der Waals surface area contributed by atoms with E-state index in [1.165, 1.54) is 11.0 Å². The van der Waals surface area contributed by atoms with Crippen LogP contribution in [0.5, 0.6) is 0 Å². The van der Waals surface area contributed by atoms with Crippen LogP contribution in [0.2, 0.25) is 0 Å². The van der Waals surface area contributed by atoms with Crippen molar-refractivity contribution in [2.24, 2.45) is 10.8 Å². The van der Waals surface area contributed by atoms with E-state index < -0.39 is 35.8 Å². The van der Waals surface area contributed by atoms with Gasteiger partial charge in [0.05, 0.1) is 17.7 Å². The van der Waals surface area contributed by atoms with Gasteiger partial charge in [0.25, 0.3) is 11.8 Å². The zero-order valence-electron chi connectivity index (χ0n) is 22.3. The van der Waals surface area contributed by atoms with E-state index in [4.69, 9.17) is 0 Å². The number of likely N-dealkylation sites (tertiary alicyclic amines) is 2. The van der Waals surface area contributed by atoms with Crippen molar-refractivity contribution < 1.29 is 33.9 Å². The Labute approximate surface area is 225 Å². The molecule has 2 unspecified atom stereocenters. The molecule has 3 N–H and O–H groups in total. The number of imide groups is 2. The lowest BCUT2D eigenvalue weighted by Crippen LogP contribution is -2.73. The number of benzene rings is 1. The molecule has 1 aromatic rings. The lowest BCUT2D eigenvalue weighted by molar-refractivity contribution is -0.175. The van der Waals surface area contributed by atoms with Crippen molar-refractivity contribution in [3.05, 3.63) is 29.3 Å². The first-order valence-electron chi connectivity index (χ1n) is 13.2. The SMILES string of the molecule is CC(C)(C)C1N(C(=O)CNc2cccc3c2C(=O)N(C2CCC(=O)NC2=O)C3=O)CC12CCN(C(=O)O)CC2. The van der Waals surface area contributed by atoms with Crippen LogP contribution < -0.4 is 10.6 Å². The molecule has 4 heterocycles. The van der Waals surface area contributed by atoms with E-state index in [9.17, 15) is 33.9 Å². The number of carboxylic acid groups (broad SMARTS) is 1.